The predicted octanol–water partition coefficient (Wildman–Crippen LogP) is 2.07. The number of aromatic nitrogens is 5. The lowest BCUT2D eigenvalue weighted by Gasteiger charge is -2.00. The van der Waals surface area contributed by atoms with E-state index in [0.717, 1.165) is 27.0 Å². The molecule has 0 aliphatic rings. The number of aromatic amines is 1. The van der Waals surface area contributed by atoms with Crippen LogP contribution in [0.15, 0.2) is 27.2 Å². The first-order chi connectivity index (χ1) is 7.28. The Balaban J connectivity index is 2.24. The Hall–Kier alpha value is -0.950. The molecule has 7 heteroatoms. The Kier molecular flexibility index (Phi) is 3.32. The summed E-state index contributed by atoms with van der Waals surface area (Å²) < 4.78 is 0.788. The third-order valence-electron chi connectivity index (χ3n) is 1.63. The van der Waals surface area contributed by atoms with E-state index in [9.17, 15) is 0 Å². The fourth-order valence-electron chi connectivity index (χ4n) is 0.995. The Labute approximate surface area is 99.3 Å². The van der Waals surface area contributed by atoms with Gasteiger partial charge in [0, 0.05) is 12.5 Å². The van der Waals surface area contributed by atoms with Crippen molar-refractivity contribution < 1.29 is 0 Å². The second kappa shape index (κ2) is 4.71. The van der Waals surface area contributed by atoms with Crippen LogP contribution >= 0.6 is 27.7 Å². The molecule has 0 atom stereocenters. The molecule has 15 heavy (non-hydrogen) atoms. The van der Waals surface area contributed by atoms with Crippen molar-refractivity contribution in [3.05, 3.63) is 22.8 Å². The molecule has 2 heterocycles. The zero-order valence-electron chi connectivity index (χ0n) is 7.94. The van der Waals surface area contributed by atoms with Crippen molar-refractivity contribution in [3.8, 4) is 0 Å². The smallest absolute Gasteiger partial charge is 0.189 e. The van der Waals surface area contributed by atoms with E-state index in [1.807, 2.05) is 13.0 Å². The predicted molar refractivity (Wildman–Crippen MR) is 59.6 cm³/mol. The van der Waals surface area contributed by atoms with Crippen molar-refractivity contribution in [1.82, 2.24) is 25.1 Å². The van der Waals surface area contributed by atoms with Crippen molar-refractivity contribution >= 4 is 27.7 Å². The molecule has 0 saturated heterocycles. The van der Waals surface area contributed by atoms with Crippen molar-refractivity contribution in [2.75, 3.05) is 0 Å². The summed E-state index contributed by atoms with van der Waals surface area (Å²) in [6.45, 7) is 2.02. The summed E-state index contributed by atoms with van der Waals surface area (Å²) >= 11 is 4.77. The third kappa shape index (κ3) is 2.75. The Bertz CT molecular complexity index is 444. The maximum absolute atomic E-state index is 4.36. The molecule has 2 aromatic rings. The number of H-pyrrole nitrogens is 1. The normalized spacial score (nSPS) is 10.5. The molecule has 2 aromatic heterocycles. The Morgan fingerprint density at radius 1 is 1.47 bits per heavy atom. The molecule has 0 unspecified atom stereocenters. The highest BCUT2D eigenvalue weighted by atomic mass is 79.9. The zero-order valence-corrected chi connectivity index (χ0v) is 10.3. The van der Waals surface area contributed by atoms with Crippen LogP contribution in [-0.2, 0) is 6.42 Å². The summed E-state index contributed by atoms with van der Waals surface area (Å²) in [6.07, 6.45) is 2.28. The molecule has 0 aliphatic carbocycles. The molecule has 0 aliphatic heterocycles. The first-order valence-electron chi connectivity index (χ1n) is 4.34. The molecule has 0 radical (unpaired) electrons. The van der Waals surface area contributed by atoms with Crippen LogP contribution < -0.4 is 0 Å². The number of aryl methyl sites for hydroxylation is 1. The van der Waals surface area contributed by atoms with Crippen molar-refractivity contribution in [1.29, 1.82) is 0 Å². The van der Waals surface area contributed by atoms with E-state index in [1.54, 1.807) is 0 Å². The molecule has 0 spiro atoms. The van der Waals surface area contributed by atoms with Gasteiger partial charge in [0.05, 0.1) is 0 Å². The summed E-state index contributed by atoms with van der Waals surface area (Å²) in [7, 11) is 0. The minimum absolute atomic E-state index is 0.725. The first-order valence-corrected chi connectivity index (χ1v) is 5.95. The van der Waals surface area contributed by atoms with Gasteiger partial charge in [-0.2, -0.15) is 5.10 Å². The second-order valence-corrected chi connectivity index (χ2v) is 4.51. The van der Waals surface area contributed by atoms with Crippen LogP contribution in [0, 0.1) is 0 Å². The van der Waals surface area contributed by atoms with Crippen molar-refractivity contribution in [3.63, 3.8) is 0 Å². The van der Waals surface area contributed by atoms with Gasteiger partial charge in [0.15, 0.2) is 5.16 Å². The van der Waals surface area contributed by atoms with Crippen LogP contribution in [0.5, 0.6) is 0 Å². The van der Waals surface area contributed by atoms with Crippen molar-refractivity contribution in [2.24, 2.45) is 0 Å². The highest BCUT2D eigenvalue weighted by molar-refractivity contribution is 9.10. The van der Waals surface area contributed by atoms with Crippen LogP contribution in [0.1, 0.15) is 12.7 Å². The van der Waals surface area contributed by atoms with Gasteiger partial charge in [-0.3, -0.25) is 5.10 Å². The largest absolute Gasteiger partial charge is 0.254 e. The lowest BCUT2D eigenvalue weighted by molar-refractivity contribution is 0.872. The van der Waals surface area contributed by atoms with Gasteiger partial charge in [0.25, 0.3) is 0 Å². The number of hydrogen-bond donors (Lipinski definition) is 1. The van der Waals surface area contributed by atoms with Gasteiger partial charge in [-0.05, 0) is 27.7 Å². The number of rotatable bonds is 3. The highest BCUT2D eigenvalue weighted by Gasteiger charge is 2.05. The monoisotopic (exact) mass is 285 g/mol. The van der Waals surface area contributed by atoms with E-state index in [1.165, 1.54) is 18.1 Å². The topological polar surface area (TPSA) is 67.3 Å². The van der Waals surface area contributed by atoms with Crippen molar-refractivity contribution in [2.45, 2.75) is 23.5 Å². The van der Waals surface area contributed by atoms with E-state index < -0.39 is 0 Å². The molecule has 0 aromatic carbocycles. The van der Waals surface area contributed by atoms with Crippen LogP contribution in [0.3, 0.4) is 0 Å². The molecule has 0 fully saturated rings. The third-order valence-corrected chi connectivity index (χ3v) is 2.84. The maximum Gasteiger partial charge on any atom is 0.189 e. The van der Waals surface area contributed by atoms with E-state index in [0.29, 0.717) is 0 Å². The summed E-state index contributed by atoms with van der Waals surface area (Å²) in [6, 6.07) is 1.85. The molecular formula is C8H8BrN5S. The molecule has 5 nitrogen and oxygen atoms in total. The summed E-state index contributed by atoms with van der Waals surface area (Å²) in [5.74, 6) is 0.811. The summed E-state index contributed by atoms with van der Waals surface area (Å²) in [5.41, 5.74) is 0. The minimum Gasteiger partial charge on any atom is -0.254 e. The summed E-state index contributed by atoms with van der Waals surface area (Å²) in [5, 5.41) is 8.12. The zero-order chi connectivity index (χ0) is 10.7. The molecule has 0 saturated carbocycles. The Morgan fingerprint density at radius 3 is 3.00 bits per heavy atom. The quantitative estimate of drug-likeness (QED) is 0.875. The maximum atomic E-state index is 4.36. The average molecular weight is 286 g/mol. The van der Waals surface area contributed by atoms with E-state index in [-0.39, 0.29) is 0 Å². The van der Waals surface area contributed by atoms with Gasteiger partial charge >= 0.3 is 0 Å². The van der Waals surface area contributed by atoms with E-state index >= 15 is 0 Å². The van der Waals surface area contributed by atoms with Crippen LogP contribution in [0.25, 0.3) is 0 Å². The molecule has 1 N–H and O–H groups in total. The van der Waals surface area contributed by atoms with E-state index in [2.05, 4.69) is 41.1 Å². The first kappa shape index (κ1) is 10.6. The fraction of sp³-hybridized carbons (Fsp3) is 0.250. The number of halogens is 1. The highest BCUT2D eigenvalue weighted by Crippen LogP contribution is 2.23. The number of nitrogens with one attached hydrogen (secondary N) is 1. The van der Waals surface area contributed by atoms with E-state index in [4.69, 9.17) is 0 Å². The van der Waals surface area contributed by atoms with Gasteiger partial charge in [-0.1, -0.05) is 6.92 Å². The molecule has 78 valence electrons. The number of hydrogen-bond acceptors (Lipinski definition) is 5. The SMILES string of the molecule is CCc1nc(Br)cc(Sc2ncn[nH]2)n1. The molecule has 2 rings (SSSR count). The molecule has 0 amide bonds. The van der Waals surface area contributed by atoms with Gasteiger partial charge < -0.3 is 0 Å². The van der Waals surface area contributed by atoms with Gasteiger partial charge in [-0.15, -0.1) is 0 Å². The van der Waals surface area contributed by atoms with Gasteiger partial charge in [-0.25, -0.2) is 15.0 Å². The van der Waals surface area contributed by atoms with Gasteiger partial charge in [0.1, 0.15) is 21.8 Å². The van der Waals surface area contributed by atoms with Crippen LogP contribution in [-0.4, -0.2) is 25.1 Å². The summed E-state index contributed by atoms with van der Waals surface area (Å²) in [4.78, 5) is 12.6. The van der Waals surface area contributed by atoms with Gasteiger partial charge in [0.2, 0.25) is 0 Å². The molecule has 0 bridgehead atoms. The molecular weight excluding hydrogens is 278 g/mol. The minimum atomic E-state index is 0.725. The standard InChI is InChI=1S/C8H8BrN5S/c1-2-6-12-5(9)3-7(13-6)15-8-10-4-11-14-8/h3-4H,2H2,1H3,(H,10,11,14). The van der Waals surface area contributed by atoms with Crippen LogP contribution in [0.2, 0.25) is 0 Å². The number of nitrogens with zero attached hydrogens (tertiary/aromatic N) is 4. The average Bonchev–Trinajstić information content (AvgIpc) is 2.69. The lowest BCUT2D eigenvalue weighted by atomic mass is 10.4. The van der Waals surface area contributed by atoms with Crippen LogP contribution in [0.4, 0.5) is 0 Å². The fourth-order valence-corrected chi connectivity index (χ4v) is 2.29. The Morgan fingerprint density at radius 2 is 2.33 bits per heavy atom. The lowest BCUT2D eigenvalue weighted by Crippen LogP contribution is -1.94. The second-order valence-electron chi connectivity index (χ2n) is 2.69.